The van der Waals surface area contributed by atoms with E-state index in [1.165, 1.54) is 0 Å². The van der Waals surface area contributed by atoms with E-state index < -0.39 is 0 Å². The van der Waals surface area contributed by atoms with Gasteiger partial charge >= 0.3 is 0 Å². The van der Waals surface area contributed by atoms with Gasteiger partial charge in [0.25, 0.3) is 0 Å². The average Bonchev–Trinajstić information content (AvgIpc) is 2.38. The van der Waals surface area contributed by atoms with Crippen LogP contribution in [0, 0.1) is 11.8 Å². The molecule has 3 unspecified atom stereocenters. The number of hydrogen-bond donors (Lipinski definition) is 2. The van der Waals surface area contributed by atoms with Crippen molar-refractivity contribution in [1.29, 1.82) is 0 Å². The molecule has 2 heterocycles. The van der Waals surface area contributed by atoms with E-state index >= 15 is 0 Å². The highest BCUT2D eigenvalue weighted by Gasteiger charge is 2.31. The van der Waals surface area contributed by atoms with Gasteiger partial charge in [-0.2, -0.15) is 0 Å². The molecule has 0 bridgehead atoms. The molecule has 2 aliphatic rings. The Labute approximate surface area is 110 Å². The summed E-state index contributed by atoms with van der Waals surface area (Å²) in [5.74, 6) is 0.928. The first-order valence-electron chi connectivity index (χ1n) is 7.28. The van der Waals surface area contributed by atoms with Crippen LogP contribution in [-0.4, -0.2) is 47.7 Å². The standard InChI is InChI=1S/C14H26N2O2/c1-10-9-13(3-6-15-10)14(18)16-7-4-12(5-8-16)11(2)17/h10-13,15,17H,3-9H2,1-2H3. The van der Waals surface area contributed by atoms with E-state index in [0.29, 0.717) is 17.9 Å². The van der Waals surface area contributed by atoms with Crippen molar-refractivity contribution in [3.63, 3.8) is 0 Å². The lowest BCUT2D eigenvalue weighted by Crippen LogP contribution is -2.47. The number of hydrogen-bond acceptors (Lipinski definition) is 3. The second-order valence-corrected chi connectivity index (χ2v) is 5.98. The van der Waals surface area contributed by atoms with Crippen LogP contribution in [-0.2, 0) is 4.79 Å². The van der Waals surface area contributed by atoms with Crippen LogP contribution in [0.25, 0.3) is 0 Å². The van der Waals surface area contributed by atoms with Crippen LogP contribution < -0.4 is 5.32 Å². The fourth-order valence-electron chi connectivity index (χ4n) is 3.22. The van der Waals surface area contributed by atoms with E-state index in [0.717, 1.165) is 45.3 Å². The molecule has 2 rings (SSSR count). The van der Waals surface area contributed by atoms with Gasteiger partial charge in [0.15, 0.2) is 0 Å². The minimum absolute atomic E-state index is 0.212. The number of amides is 1. The molecule has 18 heavy (non-hydrogen) atoms. The first kappa shape index (κ1) is 13.8. The Hall–Kier alpha value is -0.610. The van der Waals surface area contributed by atoms with Gasteiger partial charge in [-0.3, -0.25) is 4.79 Å². The minimum Gasteiger partial charge on any atom is -0.393 e. The maximum absolute atomic E-state index is 12.4. The van der Waals surface area contributed by atoms with Crippen molar-refractivity contribution in [3.8, 4) is 0 Å². The normalized spacial score (nSPS) is 32.3. The van der Waals surface area contributed by atoms with Gasteiger partial charge in [0.05, 0.1) is 6.10 Å². The number of piperidine rings is 2. The van der Waals surface area contributed by atoms with Gasteiger partial charge in [0, 0.05) is 25.0 Å². The summed E-state index contributed by atoms with van der Waals surface area (Å²) in [7, 11) is 0. The van der Waals surface area contributed by atoms with Gasteiger partial charge in [0.2, 0.25) is 5.91 Å². The number of aliphatic hydroxyl groups excluding tert-OH is 1. The second kappa shape index (κ2) is 6.02. The number of aliphatic hydroxyl groups is 1. The van der Waals surface area contributed by atoms with E-state index in [4.69, 9.17) is 0 Å². The topological polar surface area (TPSA) is 52.6 Å². The Kier molecular flexibility index (Phi) is 4.62. The van der Waals surface area contributed by atoms with Gasteiger partial charge < -0.3 is 15.3 Å². The van der Waals surface area contributed by atoms with E-state index in [2.05, 4.69) is 12.2 Å². The average molecular weight is 254 g/mol. The molecule has 0 saturated carbocycles. The van der Waals surface area contributed by atoms with Crippen molar-refractivity contribution < 1.29 is 9.90 Å². The summed E-state index contributed by atoms with van der Waals surface area (Å²) < 4.78 is 0. The van der Waals surface area contributed by atoms with E-state index in [1.807, 2.05) is 11.8 Å². The zero-order chi connectivity index (χ0) is 13.1. The molecule has 104 valence electrons. The quantitative estimate of drug-likeness (QED) is 0.773. The number of carbonyl (C=O) groups is 1. The lowest BCUT2D eigenvalue weighted by molar-refractivity contribution is -0.138. The van der Waals surface area contributed by atoms with E-state index in [9.17, 15) is 9.90 Å². The summed E-state index contributed by atoms with van der Waals surface area (Å²) in [5.41, 5.74) is 0. The van der Waals surface area contributed by atoms with Gasteiger partial charge in [-0.05, 0) is 52.0 Å². The maximum Gasteiger partial charge on any atom is 0.225 e. The number of nitrogens with one attached hydrogen (secondary N) is 1. The third kappa shape index (κ3) is 3.23. The number of rotatable bonds is 2. The Balaban J connectivity index is 1.83. The zero-order valence-corrected chi connectivity index (χ0v) is 11.6. The highest BCUT2D eigenvalue weighted by Crippen LogP contribution is 2.24. The Bertz CT molecular complexity index is 286. The summed E-state index contributed by atoms with van der Waals surface area (Å²) in [6.07, 6.45) is 3.60. The fourth-order valence-corrected chi connectivity index (χ4v) is 3.22. The van der Waals surface area contributed by atoms with Crippen molar-refractivity contribution in [2.24, 2.45) is 11.8 Å². The molecule has 0 aromatic heterocycles. The maximum atomic E-state index is 12.4. The lowest BCUT2D eigenvalue weighted by Gasteiger charge is -2.37. The predicted molar refractivity (Wildman–Crippen MR) is 71.2 cm³/mol. The molecule has 3 atom stereocenters. The van der Waals surface area contributed by atoms with Crippen molar-refractivity contribution in [2.45, 2.75) is 51.7 Å². The molecular formula is C14H26N2O2. The van der Waals surface area contributed by atoms with Crippen LogP contribution in [0.2, 0.25) is 0 Å². The monoisotopic (exact) mass is 254 g/mol. The molecule has 0 spiro atoms. The smallest absolute Gasteiger partial charge is 0.225 e. The van der Waals surface area contributed by atoms with Gasteiger partial charge in [0.1, 0.15) is 0 Å². The molecule has 2 saturated heterocycles. The number of likely N-dealkylation sites (tertiary alicyclic amines) is 1. The number of nitrogens with zero attached hydrogens (tertiary/aromatic N) is 1. The summed E-state index contributed by atoms with van der Waals surface area (Å²) in [6, 6.07) is 0.461. The molecule has 0 radical (unpaired) electrons. The Morgan fingerprint density at radius 3 is 2.56 bits per heavy atom. The van der Waals surface area contributed by atoms with Crippen molar-refractivity contribution >= 4 is 5.91 Å². The molecule has 0 aromatic rings. The molecule has 0 aromatic carbocycles. The van der Waals surface area contributed by atoms with Crippen LogP contribution >= 0.6 is 0 Å². The molecule has 2 fully saturated rings. The van der Waals surface area contributed by atoms with Crippen LogP contribution in [0.1, 0.15) is 39.5 Å². The zero-order valence-electron chi connectivity index (χ0n) is 11.6. The van der Waals surface area contributed by atoms with Gasteiger partial charge in [-0.15, -0.1) is 0 Å². The van der Waals surface area contributed by atoms with Crippen LogP contribution in [0.5, 0.6) is 0 Å². The van der Waals surface area contributed by atoms with Crippen molar-refractivity contribution in [2.75, 3.05) is 19.6 Å². The third-order valence-corrected chi connectivity index (χ3v) is 4.51. The fraction of sp³-hybridized carbons (Fsp3) is 0.929. The van der Waals surface area contributed by atoms with Crippen molar-refractivity contribution in [3.05, 3.63) is 0 Å². The molecule has 2 aliphatic heterocycles. The SMILES string of the molecule is CC1CC(C(=O)N2CCC(C(C)O)CC2)CCN1. The second-order valence-electron chi connectivity index (χ2n) is 5.98. The summed E-state index contributed by atoms with van der Waals surface area (Å²) in [6.45, 7) is 6.62. The Morgan fingerprint density at radius 2 is 2.00 bits per heavy atom. The largest absolute Gasteiger partial charge is 0.393 e. The number of carbonyl (C=O) groups excluding carboxylic acids is 1. The van der Waals surface area contributed by atoms with Crippen LogP contribution in [0.15, 0.2) is 0 Å². The molecule has 4 heteroatoms. The lowest BCUT2D eigenvalue weighted by atomic mass is 9.88. The van der Waals surface area contributed by atoms with Gasteiger partial charge in [-0.25, -0.2) is 0 Å². The summed E-state index contributed by atoms with van der Waals surface area (Å²) in [4.78, 5) is 14.4. The first-order chi connectivity index (χ1) is 8.58. The third-order valence-electron chi connectivity index (χ3n) is 4.51. The predicted octanol–water partition coefficient (Wildman–Crippen LogP) is 0.994. The summed E-state index contributed by atoms with van der Waals surface area (Å²) in [5, 5.41) is 13.0. The highest BCUT2D eigenvalue weighted by molar-refractivity contribution is 5.79. The molecule has 1 amide bonds. The molecule has 4 nitrogen and oxygen atoms in total. The van der Waals surface area contributed by atoms with Crippen molar-refractivity contribution in [1.82, 2.24) is 10.2 Å². The van der Waals surface area contributed by atoms with E-state index in [1.54, 1.807) is 0 Å². The summed E-state index contributed by atoms with van der Waals surface area (Å²) >= 11 is 0. The molecule has 0 aliphatic carbocycles. The molecular weight excluding hydrogens is 228 g/mol. The first-order valence-corrected chi connectivity index (χ1v) is 7.28. The van der Waals surface area contributed by atoms with E-state index in [-0.39, 0.29) is 12.0 Å². The van der Waals surface area contributed by atoms with Crippen LogP contribution in [0.4, 0.5) is 0 Å². The highest BCUT2D eigenvalue weighted by atomic mass is 16.3. The van der Waals surface area contributed by atoms with Crippen LogP contribution in [0.3, 0.4) is 0 Å². The minimum atomic E-state index is -0.235. The molecule has 2 N–H and O–H groups in total. The Morgan fingerprint density at radius 1 is 1.33 bits per heavy atom. The van der Waals surface area contributed by atoms with Gasteiger partial charge in [-0.1, -0.05) is 0 Å².